The normalized spacial score (nSPS) is 15.3. The van der Waals surface area contributed by atoms with Crippen molar-refractivity contribution in [3.8, 4) is 0 Å². The molecule has 0 fully saturated rings. The number of thiol groups is 1. The Kier molecular flexibility index (Phi) is 4.70. The molecule has 8 nitrogen and oxygen atoms in total. The van der Waals surface area contributed by atoms with Crippen LogP contribution in [0.5, 0.6) is 0 Å². The Bertz CT molecular complexity index is 714. The van der Waals surface area contributed by atoms with E-state index in [0.29, 0.717) is 11.4 Å². The first-order chi connectivity index (χ1) is 10.8. The van der Waals surface area contributed by atoms with Crippen molar-refractivity contribution in [2.75, 3.05) is 10.2 Å². The van der Waals surface area contributed by atoms with Crippen molar-refractivity contribution < 1.29 is 24.3 Å². The highest BCUT2D eigenvalue weighted by Gasteiger charge is 2.30. The van der Waals surface area contributed by atoms with Gasteiger partial charge in [0, 0.05) is 18.2 Å². The van der Waals surface area contributed by atoms with Crippen molar-refractivity contribution >= 4 is 47.7 Å². The molecule has 0 spiro atoms. The summed E-state index contributed by atoms with van der Waals surface area (Å²) in [5.41, 5.74) is 5.97. The van der Waals surface area contributed by atoms with Crippen LogP contribution in [-0.4, -0.2) is 34.0 Å². The standard InChI is InChI=1S/C14H13N3O5S/c15-9-5-12(19)17(13(9)20)8-3-1-7(2-4-8)16-11(18)6-10(23)14(21)22/h1-5,10,23H,6,15H2,(H,16,18)(H,21,22)/t10-/m1/s1. The van der Waals surface area contributed by atoms with E-state index in [1.165, 1.54) is 24.3 Å². The maximum Gasteiger partial charge on any atom is 0.316 e. The first-order valence-electron chi connectivity index (χ1n) is 6.46. The molecule has 23 heavy (non-hydrogen) atoms. The zero-order valence-electron chi connectivity index (χ0n) is 11.7. The number of nitrogens with two attached hydrogens (primary N) is 1. The number of aliphatic carboxylic acids is 1. The van der Waals surface area contributed by atoms with Gasteiger partial charge in [0.15, 0.2) is 0 Å². The van der Waals surface area contributed by atoms with Crippen LogP contribution in [0.2, 0.25) is 0 Å². The Hall–Kier alpha value is -2.81. The van der Waals surface area contributed by atoms with Crippen molar-refractivity contribution in [2.24, 2.45) is 5.73 Å². The maximum absolute atomic E-state index is 11.7. The van der Waals surface area contributed by atoms with Crippen molar-refractivity contribution in [3.63, 3.8) is 0 Å². The van der Waals surface area contributed by atoms with E-state index in [0.717, 1.165) is 11.0 Å². The molecule has 0 aliphatic carbocycles. The third-order valence-electron chi connectivity index (χ3n) is 3.02. The van der Waals surface area contributed by atoms with Crippen LogP contribution < -0.4 is 16.0 Å². The predicted octanol–water partition coefficient (Wildman–Crippen LogP) is 0.114. The number of benzene rings is 1. The first-order valence-corrected chi connectivity index (χ1v) is 6.97. The van der Waals surface area contributed by atoms with Gasteiger partial charge in [-0.25, -0.2) is 4.90 Å². The molecule has 1 heterocycles. The fourth-order valence-corrected chi connectivity index (χ4v) is 2.07. The van der Waals surface area contributed by atoms with Crippen molar-refractivity contribution in [3.05, 3.63) is 36.0 Å². The number of rotatable bonds is 5. The molecule has 1 aliphatic heterocycles. The van der Waals surface area contributed by atoms with E-state index in [4.69, 9.17) is 10.8 Å². The van der Waals surface area contributed by atoms with Gasteiger partial charge in [0.1, 0.15) is 10.9 Å². The summed E-state index contributed by atoms with van der Waals surface area (Å²) in [6.07, 6.45) is 0.750. The van der Waals surface area contributed by atoms with Crippen LogP contribution in [0.3, 0.4) is 0 Å². The van der Waals surface area contributed by atoms with E-state index in [1.54, 1.807) is 0 Å². The summed E-state index contributed by atoms with van der Waals surface area (Å²) in [6.45, 7) is 0. The zero-order valence-corrected chi connectivity index (χ0v) is 12.6. The molecule has 1 aliphatic rings. The Balaban J connectivity index is 2.03. The van der Waals surface area contributed by atoms with Gasteiger partial charge < -0.3 is 16.2 Å². The summed E-state index contributed by atoms with van der Waals surface area (Å²) >= 11 is 3.77. The van der Waals surface area contributed by atoms with Crippen LogP contribution in [0.4, 0.5) is 11.4 Å². The number of imide groups is 1. The number of nitrogens with zero attached hydrogens (tertiary/aromatic N) is 1. The van der Waals surface area contributed by atoms with Gasteiger partial charge in [0.25, 0.3) is 11.8 Å². The largest absolute Gasteiger partial charge is 0.480 e. The van der Waals surface area contributed by atoms with Gasteiger partial charge in [0.05, 0.1) is 5.69 Å². The van der Waals surface area contributed by atoms with Gasteiger partial charge in [0.2, 0.25) is 5.91 Å². The van der Waals surface area contributed by atoms with Gasteiger partial charge in [-0.05, 0) is 24.3 Å². The molecule has 4 N–H and O–H groups in total. The van der Waals surface area contributed by atoms with Gasteiger partial charge in [-0.3, -0.25) is 19.2 Å². The van der Waals surface area contributed by atoms with Crippen molar-refractivity contribution in [1.29, 1.82) is 0 Å². The molecule has 1 aromatic carbocycles. The molecular weight excluding hydrogens is 322 g/mol. The molecular formula is C14H13N3O5S. The fourth-order valence-electron chi connectivity index (χ4n) is 1.90. The number of carbonyl (C=O) groups is 4. The summed E-state index contributed by atoms with van der Waals surface area (Å²) < 4.78 is 0. The Labute approximate surface area is 136 Å². The number of carboxylic acid groups (broad SMARTS) is 1. The maximum atomic E-state index is 11.7. The smallest absolute Gasteiger partial charge is 0.316 e. The van der Waals surface area contributed by atoms with Crippen molar-refractivity contribution in [1.82, 2.24) is 0 Å². The van der Waals surface area contributed by atoms with Gasteiger partial charge >= 0.3 is 5.97 Å². The second-order valence-electron chi connectivity index (χ2n) is 4.73. The quantitative estimate of drug-likeness (QED) is 0.446. The Morgan fingerprint density at radius 3 is 2.35 bits per heavy atom. The van der Waals surface area contributed by atoms with E-state index in [-0.39, 0.29) is 12.1 Å². The highest BCUT2D eigenvalue weighted by atomic mass is 32.1. The van der Waals surface area contributed by atoms with Crippen LogP contribution in [0.25, 0.3) is 0 Å². The molecule has 1 atom stereocenters. The lowest BCUT2D eigenvalue weighted by atomic mass is 10.2. The van der Waals surface area contributed by atoms with Crippen LogP contribution >= 0.6 is 12.6 Å². The first kappa shape index (κ1) is 16.6. The lowest BCUT2D eigenvalue weighted by molar-refractivity contribution is -0.137. The highest BCUT2D eigenvalue weighted by molar-refractivity contribution is 7.81. The molecule has 0 aromatic heterocycles. The van der Waals surface area contributed by atoms with Crippen LogP contribution in [0, 0.1) is 0 Å². The molecule has 3 amide bonds. The molecule has 9 heteroatoms. The minimum atomic E-state index is -1.19. The van der Waals surface area contributed by atoms with E-state index in [9.17, 15) is 19.2 Å². The van der Waals surface area contributed by atoms with E-state index in [1.807, 2.05) is 0 Å². The van der Waals surface area contributed by atoms with Crippen molar-refractivity contribution in [2.45, 2.75) is 11.7 Å². The fraction of sp³-hybridized carbons (Fsp3) is 0.143. The predicted molar refractivity (Wildman–Crippen MR) is 84.9 cm³/mol. The van der Waals surface area contributed by atoms with Crippen LogP contribution in [0.1, 0.15) is 6.42 Å². The average molecular weight is 335 g/mol. The average Bonchev–Trinajstić information content (AvgIpc) is 2.73. The Morgan fingerprint density at radius 2 is 1.87 bits per heavy atom. The minimum Gasteiger partial charge on any atom is -0.480 e. The molecule has 0 saturated heterocycles. The summed E-state index contributed by atoms with van der Waals surface area (Å²) in [6, 6.07) is 5.90. The molecule has 0 saturated carbocycles. The van der Waals surface area contributed by atoms with Gasteiger partial charge in [-0.15, -0.1) is 0 Å². The molecule has 2 rings (SSSR count). The number of hydrogen-bond acceptors (Lipinski definition) is 6. The number of anilines is 2. The van der Waals surface area contributed by atoms with Gasteiger partial charge in [-0.1, -0.05) is 0 Å². The third-order valence-corrected chi connectivity index (χ3v) is 3.43. The summed E-state index contributed by atoms with van der Waals surface area (Å²) in [5, 5.41) is 10.1. The van der Waals surface area contributed by atoms with Gasteiger partial charge in [-0.2, -0.15) is 12.6 Å². The number of hydrogen-bond donors (Lipinski definition) is 4. The SMILES string of the molecule is NC1=CC(=O)N(c2ccc(NC(=O)C[C@@H](S)C(=O)O)cc2)C1=O. The topological polar surface area (TPSA) is 130 Å². The number of carbonyl (C=O) groups excluding carboxylic acids is 3. The third kappa shape index (κ3) is 3.69. The molecule has 0 unspecified atom stereocenters. The lowest BCUT2D eigenvalue weighted by Gasteiger charge is -2.15. The van der Waals surface area contributed by atoms with E-state index >= 15 is 0 Å². The second-order valence-corrected chi connectivity index (χ2v) is 5.36. The molecule has 0 radical (unpaired) electrons. The lowest BCUT2D eigenvalue weighted by Crippen LogP contribution is -2.32. The van der Waals surface area contributed by atoms with E-state index < -0.39 is 28.9 Å². The summed E-state index contributed by atoms with van der Waals surface area (Å²) in [7, 11) is 0. The van der Waals surface area contributed by atoms with Crippen LogP contribution in [0.15, 0.2) is 36.0 Å². The monoisotopic (exact) mass is 335 g/mol. The molecule has 1 aromatic rings. The minimum absolute atomic E-state index is 0.138. The highest BCUT2D eigenvalue weighted by Crippen LogP contribution is 2.22. The van der Waals surface area contributed by atoms with E-state index in [2.05, 4.69) is 17.9 Å². The number of carboxylic acids is 1. The summed E-state index contributed by atoms with van der Waals surface area (Å²) in [5.74, 6) is -2.84. The molecule has 120 valence electrons. The Morgan fingerprint density at radius 1 is 1.26 bits per heavy atom. The van der Waals surface area contributed by atoms with Crippen LogP contribution in [-0.2, 0) is 19.2 Å². The molecule has 0 bridgehead atoms. The summed E-state index contributed by atoms with van der Waals surface area (Å²) in [4.78, 5) is 46.6. The number of amides is 3. The second kappa shape index (κ2) is 6.53. The number of nitrogens with one attached hydrogen (secondary N) is 1. The zero-order chi connectivity index (χ0) is 17.1.